The first-order valence-corrected chi connectivity index (χ1v) is 5.53. The summed E-state index contributed by atoms with van der Waals surface area (Å²) in [6.07, 6.45) is 0.566. The number of halogens is 1. The Bertz CT molecular complexity index is 381. The molecule has 2 rings (SSSR count). The number of rotatable bonds is 2. The number of aromatic hydroxyl groups is 1. The summed E-state index contributed by atoms with van der Waals surface area (Å²) in [4.78, 5) is 0. The van der Waals surface area contributed by atoms with Crippen molar-refractivity contribution in [1.29, 1.82) is 0 Å². The number of benzene rings is 1. The van der Waals surface area contributed by atoms with Gasteiger partial charge in [-0.3, -0.25) is 0 Å². The summed E-state index contributed by atoms with van der Waals surface area (Å²) in [5.74, 6) is 1.46. The predicted molar refractivity (Wildman–Crippen MR) is 59.6 cm³/mol. The largest absolute Gasteiger partial charge is 0.506 e. The fourth-order valence-electron chi connectivity index (χ4n) is 1.59. The highest BCUT2D eigenvalue weighted by molar-refractivity contribution is 9.10. The Labute approximate surface area is 96.1 Å². The Morgan fingerprint density at radius 3 is 2.87 bits per heavy atom. The minimum absolute atomic E-state index is 0.185. The molecule has 4 nitrogen and oxygen atoms in total. The van der Waals surface area contributed by atoms with Crippen molar-refractivity contribution < 1.29 is 14.6 Å². The van der Waals surface area contributed by atoms with E-state index in [-0.39, 0.29) is 5.75 Å². The van der Waals surface area contributed by atoms with Gasteiger partial charge in [-0.2, -0.15) is 0 Å². The van der Waals surface area contributed by atoms with Gasteiger partial charge in [0.2, 0.25) is 0 Å². The molecule has 82 valence electrons. The molecule has 0 radical (unpaired) electrons. The second-order valence-electron chi connectivity index (χ2n) is 3.25. The van der Waals surface area contributed by atoms with Crippen molar-refractivity contribution in [2.24, 2.45) is 5.73 Å². The van der Waals surface area contributed by atoms with Gasteiger partial charge in [-0.1, -0.05) is 0 Å². The molecular formula is C10H12BrNO3. The first kappa shape index (κ1) is 10.6. The molecule has 1 aliphatic rings. The van der Waals surface area contributed by atoms with Gasteiger partial charge in [0.05, 0.1) is 4.47 Å². The first-order chi connectivity index (χ1) is 7.24. The standard InChI is InChI=1S/C10H12BrNO3/c11-7-5-8-10(15-4-3-14-8)6(1-2-12)9(7)13/h5,13H,1-4,12H2. The molecule has 1 aromatic carbocycles. The molecule has 1 aliphatic heterocycles. The lowest BCUT2D eigenvalue weighted by atomic mass is 10.1. The topological polar surface area (TPSA) is 64.7 Å². The fourth-order valence-corrected chi connectivity index (χ4v) is 2.03. The van der Waals surface area contributed by atoms with Crippen LogP contribution in [0.3, 0.4) is 0 Å². The van der Waals surface area contributed by atoms with Crippen molar-refractivity contribution in [3.8, 4) is 17.2 Å². The summed E-state index contributed by atoms with van der Waals surface area (Å²) in [7, 11) is 0. The van der Waals surface area contributed by atoms with Crippen molar-refractivity contribution >= 4 is 15.9 Å². The van der Waals surface area contributed by atoms with E-state index in [2.05, 4.69) is 15.9 Å². The summed E-state index contributed by atoms with van der Waals surface area (Å²) in [5, 5.41) is 9.85. The maximum absolute atomic E-state index is 9.85. The number of nitrogens with two attached hydrogens (primary N) is 1. The van der Waals surface area contributed by atoms with Gasteiger partial charge in [0, 0.05) is 11.6 Å². The predicted octanol–water partition coefficient (Wildman–Crippen LogP) is 1.43. The molecule has 5 heteroatoms. The maximum atomic E-state index is 9.85. The smallest absolute Gasteiger partial charge is 0.168 e. The summed E-state index contributed by atoms with van der Waals surface area (Å²) in [6, 6.07) is 1.71. The van der Waals surface area contributed by atoms with Crippen LogP contribution in [-0.2, 0) is 6.42 Å². The number of fused-ring (bicyclic) bond motifs is 1. The monoisotopic (exact) mass is 273 g/mol. The zero-order valence-corrected chi connectivity index (χ0v) is 9.71. The summed E-state index contributed by atoms with van der Waals surface area (Å²) >= 11 is 3.27. The average molecular weight is 274 g/mol. The third-order valence-electron chi connectivity index (χ3n) is 2.25. The van der Waals surface area contributed by atoms with Crippen LogP contribution in [0.15, 0.2) is 10.5 Å². The van der Waals surface area contributed by atoms with Crippen molar-refractivity contribution in [2.75, 3.05) is 19.8 Å². The highest BCUT2D eigenvalue weighted by Gasteiger charge is 2.21. The first-order valence-electron chi connectivity index (χ1n) is 4.74. The third-order valence-corrected chi connectivity index (χ3v) is 2.85. The molecule has 0 atom stereocenters. The molecule has 0 fully saturated rings. The van der Waals surface area contributed by atoms with Crippen LogP contribution in [0.1, 0.15) is 5.56 Å². The van der Waals surface area contributed by atoms with E-state index in [1.54, 1.807) is 6.07 Å². The molecule has 0 aromatic heterocycles. The van der Waals surface area contributed by atoms with Crippen LogP contribution >= 0.6 is 15.9 Å². The number of hydrogen-bond donors (Lipinski definition) is 2. The lowest BCUT2D eigenvalue weighted by Crippen LogP contribution is -2.17. The SMILES string of the molecule is NCCc1c(O)c(Br)cc2c1OCCO2. The molecule has 0 aliphatic carbocycles. The van der Waals surface area contributed by atoms with E-state index in [9.17, 15) is 5.11 Å². The van der Waals surface area contributed by atoms with Crippen LogP contribution in [0.2, 0.25) is 0 Å². The van der Waals surface area contributed by atoms with E-state index in [0.29, 0.717) is 47.7 Å². The molecule has 0 amide bonds. The van der Waals surface area contributed by atoms with Crippen LogP contribution in [0.5, 0.6) is 17.2 Å². The lowest BCUT2D eigenvalue weighted by Gasteiger charge is -2.22. The molecule has 0 bridgehead atoms. The van der Waals surface area contributed by atoms with Crippen LogP contribution < -0.4 is 15.2 Å². The summed E-state index contributed by atoms with van der Waals surface area (Å²) in [5.41, 5.74) is 6.20. The van der Waals surface area contributed by atoms with E-state index < -0.39 is 0 Å². The molecule has 0 saturated carbocycles. The molecule has 0 spiro atoms. The van der Waals surface area contributed by atoms with Crippen LogP contribution in [-0.4, -0.2) is 24.9 Å². The van der Waals surface area contributed by atoms with Gasteiger partial charge in [-0.05, 0) is 28.9 Å². The van der Waals surface area contributed by atoms with Crippen molar-refractivity contribution in [3.05, 3.63) is 16.1 Å². The van der Waals surface area contributed by atoms with E-state index >= 15 is 0 Å². The maximum Gasteiger partial charge on any atom is 0.168 e. The second-order valence-corrected chi connectivity index (χ2v) is 4.10. The highest BCUT2D eigenvalue weighted by Crippen LogP contribution is 2.43. The van der Waals surface area contributed by atoms with Gasteiger partial charge < -0.3 is 20.3 Å². The molecule has 15 heavy (non-hydrogen) atoms. The van der Waals surface area contributed by atoms with E-state index in [0.717, 1.165) is 0 Å². The average Bonchev–Trinajstić information content (AvgIpc) is 2.25. The summed E-state index contributed by atoms with van der Waals surface area (Å²) < 4.78 is 11.5. The molecular weight excluding hydrogens is 262 g/mol. The molecule has 3 N–H and O–H groups in total. The molecule has 1 aromatic rings. The van der Waals surface area contributed by atoms with Crippen molar-refractivity contribution in [1.82, 2.24) is 0 Å². The zero-order valence-electron chi connectivity index (χ0n) is 8.12. The quantitative estimate of drug-likeness (QED) is 0.856. The van der Waals surface area contributed by atoms with Crippen LogP contribution in [0, 0.1) is 0 Å². The Morgan fingerprint density at radius 2 is 2.13 bits per heavy atom. The van der Waals surface area contributed by atoms with Crippen LogP contribution in [0.25, 0.3) is 0 Å². The van der Waals surface area contributed by atoms with Gasteiger partial charge >= 0.3 is 0 Å². The van der Waals surface area contributed by atoms with Gasteiger partial charge in [0.15, 0.2) is 11.5 Å². The minimum Gasteiger partial charge on any atom is -0.506 e. The second kappa shape index (κ2) is 4.28. The molecule has 0 unspecified atom stereocenters. The Morgan fingerprint density at radius 1 is 1.40 bits per heavy atom. The minimum atomic E-state index is 0.185. The molecule has 1 heterocycles. The third kappa shape index (κ3) is 1.89. The van der Waals surface area contributed by atoms with E-state index in [1.165, 1.54) is 0 Å². The van der Waals surface area contributed by atoms with Gasteiger partial charge in [0.1, 0.15) is 19.0 Å². The van der Waals surface area contributed by atoms with E-state index in [1.807, 2.05) is 0 Å². The summed E-state index contributed by atoms with van der Waals surface area (Å²) in [6.45, 7) is 1.50. The van der Waals surface area contributed by atoms with Gasteiger partial charge in [-0.25, -0.2) is 0 Å². The number of hydrogen-bond acceptors (Lipinski definition) is 4. The van der Waals surface area contributed by atoms with Gasteiger partial charge in [-0.15, -0.1) is 0 Å². The number of phenolic OH excluding ortho intramolecular Hbond substituents is 1. The Kier molecular flexibility index (Phi) is 3.02. The number of phenols is 1. The van der Waals surface area contributed by atoms with Crippen molar-refractivity contribution in [2.45, 2.75) is 6.42 Å². The Hall–Kier alpha value is -0.940. The van der Waals surface area contributed by atoms with Gasteiger partial charge in [0.25, 0.3) is 0 Å². The fraction of sp³-hybridized carbons (Fsp3) is 0.400. The van der Waals surface area contributed by atoms with E-state index in [4.69, 9.17) is 15.2 Å². The molecule has 0 saturated heterocycles. The number of ether oxygens (including phenoxy) is 2. The Balaban J connectivity index is 2.52. The highest BCUT2D eigenvalue weighted by atomic mass is 79.9. The lowest BCUT2D eigenvalue weighted by molar-refractivity contribution is 0.169. The zero-order chi connectivity index (χ0) is 10.8. The van der Waals surface area contributed by atoms with Crippen LogP contribution in [0.4, 0.5) is 0 Å². The normalized spacial score (nSPS) is 14.0. The van der Waals surface area contributed by atoms with Crippen molar-refractivity contribution in [3.63, 3.8) is 0 Å².